The highest BCUT2D eigenvalue weighted by Crippen LogP contribution is 2.22. The lowest BCUT2D eigenvalue weighted by atomic mass is 10.4. The van der Waals surface area contributed by atoms with Crippen LogP contribution in [0.5, 0.6) is 0 Å². The topological polar surface area (TPSA) is 41.9 Å². The SMILES string of the molecule is CN(Cc1cscn1)c1nsnc1Cl. The minimum Gasteiger partial charge on any atom is -0.350 e. The fraction of sp³-hybridized carbons (Fsp3) is 0.286. The van der Waals surface area contributed by atoms with Gasteiger partial charge in [0.15, 0.2) is 11.0 Å². The lowest BCUT2D eigenvalue weighted by Gasteiger charge is -2.13. The van der Waals surface area contributed by atoms with Crippen molar-refractivity contribution in [1.29, 1.82) is 0 Å². The van der Waals surface area contributed by atoms with E-state index in [-0.39, 0.29) is 0 Å². The van der Waals surface area contributed by atoms with Crippen LogP contribution in [0.2, 0.25) is 5.15 Å². The molecule has 0 fully saturated rings. The lowest BCUT2D eigenvalue weighted by Crippen LogP contribution is -2.17. The number of thiazole rings is 1. The zero-order valence-corrected chi connectivity index (χ0v) is 9.73. The Labute approximate surface area is 94.5 Å². The van der Waals surface area contributed by atoms with Crippen LogP contribution in [-0.2, 0) is 6.54 Å². The second-order valence-electron chi connectivity index (χ2n) is 2.71. The molecule has 0 N–H and O–H groups in total. The molecule has 0 aromatic carbocycles. The Bertz CT molecular complexity index is 399. The van der Waals surface area contributed by atoms with Gasteiger partial charge in [-0.1, -0.05) is 11.6 Å². The summed E-state index contributed by atoms with van der Waals surface area (Å²) in [5, 5.41) is 2.46. The summed E-state index contributed by atoms with van der Waals surface area (Å²) < 4.78 is 8.00. The summed E-state index contributed by atoms with van der Waals surface area (Å²) in [4.78, 5) is 6.12. The van der Waals surface area contributed by atoms with Gasteiger partial charge < -0.3 is 4.90 Å². The molecule has 2 aromatic heterocycles. The van der Waals surface area contributed by atoms with Gasteiger partial charge in [0.2, 0.25) is 0 Å². The minimum absolute atomic E-state index is 0.452. The first kappa shape index (κ1) is 9.82. The van der Waals surface area contributed by atoms with Crippen molar-refractivity contribution in [3.63, 3.8) is 0 Å². The van der Waals surface area contributed by atoms with Crippen molar-refractivity contribution in [2.24, 2.45) is 0 Å². The summed E-state index contributed by atoms with van der Waals surface area (Å²) in [6.45, 7) is 0.703. The van der Waals surface area contributed by atoms with Gasteiger partial charge in [-0.05, 0) is 0 Å². The van der Waals surface area contributed by atoms with Gasteiger partial charge >= 0.3 is 0 Å². The second-order valence-corrected chi connectivity index (χ2v) is 4.32. The summed E-state index contributed by atoms with van der Waals surface area (Å²) in [7, 11) is 1.92. The molecule has 4 nitrogen and oxygen atoms in total. The third-order valence-electron chi connectivity index (χ3n) is 1.68. The summed E-state index contributed by atoms with van der Waals surface area (Å²) in [5.41, 5.74) is 2.82. The number of rotatable bonds is 3. The van der Waals surface area contributed by atoms with Gasteiger partial charge in [-0.2, -0.15) is 8.75 Å². The first-order chi connectivity index (χ1) is 6.77. The highest BCUT2D eigenvalue weighted by molar-refractivity contribution is 7.07. The third kappa shape index (κ3) is 2.02. The molecule has 0 unspecified atom stereocenters. The number of anilines is 1. The first-order valence-corrected chi connectivity index (χ1v) is 5.88. The molecule has 0 aliphatic carbocycles. The monoisotopic (exact) mass is 246 g/mol. The Morgan fingerprint density at radius 3 is 2.93 bits per heavy atom. The van der Waals surface area contributed by atoms with Crippen molar-refractivity contribution >= 4 is 40.5 Å². The van der Waals surface area contributed by atoms with Crippen molar-refractivity contribution in [1.82, 2.24) is 13.7 Å². The van der Waals surface area contributed by atoms with Gasteiger partial charge in [-0.15, -0.1) is 11.3 Å². The molecule has 7 heteroatoms. The molecular weight excluding hydrogens is 240 g/mol. The first-order valence-electron chi connectivity index (χ1n) is 3.83. The molecule has 14 heavy (non-hydrogen) atoms. The standard InChI is InChI=1S/C7H7ClN4S2/c1-12(2-5-3-13-4-9-5)7-6(8)10-14-11-7/h3-4H,2H2,1H3. The normalized spacial score (nSPS) is 10.4. The predicted octanol–water partition coefficient (Wildman–Crippen LogP) is 2.28. The smallest absolute Gasteiger partial charge is 0.187 e. The van der Waals surface area contributed by atoms with Crippen LogP contribution in [0.3, 0.4) is 0 Å². The van der Waals surface area contributed by atoms with Crippen LogP contribution in [0.25, 0.3) is 0 Å². The average Bonchev–Trinajstić information content (AvgIpc) is 2.75. The molecule has 0 aliphatic heterocycles. The number of hydrogen-bond acceptors (Lipinski definition) is 6. The van der Waals surface area contributed by atoms with Crippen LogP contribution in [0.15, 0.2) is 10.9 Å². The van der Waals surface area contributed by atoms with Crippen LogP contribution >= 0.6 is 34.7 Å². The highest BCUT2D eigenvalue weighted by Gasteiger charge is 2.11. The fourth-order valence-electron chi connectivity index (χ4n) is 1.03. The third-order valence-corrected chi connectivity index (χ3v) is 3.18. The molecule has 0 aliphatic rings. The number of halogens is 1. The molecule has 0 bridgehead atoms. The van der Waals surface area contributed by atoms with E-state index in [2.05, 4.69) is 13.7 Å². The average molecular weight is 247 g/mol. The van der Waals surface area contributed by atoms with Crippen LogP contribution in [0.1, 0.15) is 5.69 Å². The van der Waals surface area contributed by atoms with Crippen LogP contribution < -0.4 is 4.90 Å². The second kappa shape index (κ2) is 4.20. The van der Waals surface area contributed by atoms with E-state index in [1.165, 1.54) is 0 Å². The molecule has 2 heterocycles. The molecule has 0 spiro atoms. The van der Waals surface area contributed by atoms with E-state index in [0.717, 1.165) is 17.4 Å². The van der Waals surface area contributed by atoms with Gasteiger partial charge in [0.25, 0.3) is 0 Å². The summed E-state index contributed by atoms with van der Waals surface area (Å²) in [6, 6.07) is 0. The summed E-state index contributed by atoms with van der Waals surface area (Å²) in [6.07, 6.45) is 0. The van der Waals surface area contributed by atoms with E-state index in [1.54, 1.807) is 11.3 Å². The molecule has 0 saturated heterocycles. The minimum atomic E-state index is 0.452. The molecule has 74 valence electrons. The largest absolute Gasteiger partial charge is 0.350 e. The number of aromatic nitrogens is 3. The van der Waals surface area contributed by atoms with Gasteiger partial charge in [-0.3, -0.25) is 0 Å². The van der Waals surface area contributed by atoms with Crippen molar-refractivity contribution in [3.05, 3.63) is 21.7 Å². The molecule has 2 rings (SSSR count). The van der Waals surface area contributed by atoms with Crippen LogP contribution in [-0.4, -0.2) is 20.8 Å². The predicted molar refractivity (Wildman–Crippen MR) is 59.1 cm³/mol. The lowest BCUT2D eigenvalue weighted by molar-refractivity contribution is 0.882. The Hall–Kier alpha value is -0.720. The fourth-order valence-corrected chi connectivity index (χ4v) is 2.41. The molecule has 0 atom stereocenters. The van der Waals surface area contributed by atoms with Gasteiger partial charge in [-0.25, -0.2) is 4.98 Å². The summed E-state index contributed by atoms with van der Waals surface area (Å²) >= 11 is 8.55. The van der Waals surface area contributed by atoms with Gasteiger partial charge in [0, 0.05) is 12.4 Å². The Morgan fingerprint density at radius 1 is 1.50 bits per heavy atom. The van der Waals surface area contributed by atoms with Crippen molar-refractivity contribution < 1.29 is 0 Å². The molecular formula is C7H7ClN4S2. The van der Waals surface area contributed by atoms with Crippen LogP contribution in [0.4, 0.5) is 5.82 Å². The van der Waals surface area contributed by atoms with E-state index in [4.69, 9.17) is 11.6 Å². The zero-order valence-electron chi connectivity index (χ0n) is 7.35. The Kier molecular flexibility index (Phi) is 2.95. The quantitative estimate of drug-likeness (QED) is 0.833. The van der Waals surface area contributed by atoms with Crippen LogP contribution in [0, 0.1) is 0 Å². The van der Waals surface area contributed by atoms with Crippen molar-refractivity contribution in [2.45, 2.75) is 6.54 Å². The van der Waals surface area contributed by atoms with Crippen molar-refractivity contribution in [3.8, 4) is 0 Å². The Morgan fingerprint density at radius 2 is 2.36 bits per heavy atom. The number of hydrogen-bond donors (Lipinski definition) is 0. The van der Waals surface area contributed by atoms with E-state index in [0.29, 0.717) is 17.5 Å². The maximum Gasteiger partial charge on any atom is 0.187 e. The number of nitrogens with zero attached hydrogens (tertiary/aromatic N) is 4. The van der Waals surface area contributed by atoms with E-state index in [1.807, 2.05) is 22.8 Å². The van der Waals surface area contributed by atoms with Gasteiger partial charge in [0.1, 0.15) is 0 Å². The van der Waals surface area contributed by atoms with E-state index >= 15 is 0 Å². The van der Waals surface area contributed by atoms with E-state index < -0.39 is 0 Å². The molecule has 0 amide bonds. The van der Waals surface area contributed by atoms with E-state index in [9.17, 15) is 0 Å². The molecule has 2 aromatic rings. The van der Waals surface area contributed by atoms with Crippen molar-refractivity contribution in [2.75, 3.05) is 11.9 Å². The Balaban J connectivity index is 2.10. The highest BCUT2D eigenvalue weighted by atomic mass is 35.5. The van der Waals surface area contributed by atoms with Gasteiger partial charge in [0.05, 0.1) is 29.5 Å². The molecule has 0 saturated carbocycles. The maximum atomic E-state index is 5.85. The summed E-state index contributed by atoms with van der Waals surface area (Å²) in [5.74, 6) is 0.713. The zero-order chi connectivity index (χ0) is 9.97. The maximum absolute atomic E-state index is 5.85. The molecule has 0 radical (unpaired) electrons.